The van der Waals surface area contributed by atoms with Gasteiger partial charge in [-0.2, -0.15) is 0 Å². The third-order valence-corrected chi connectivity index (χ3v) is 4.70. The fraction of sp³-hybridized carbons (Fsp3) is 0.562. The van der Waals surface area contributed by atoms with Crippen molar-refractivity contribution in [2.24, 2.45) is 0 Å². The van der Waals surface area contributed by atoms with Gasteiger partial charge in [-0.25, -0.2) is 4.79 Å². The molecule has 3 rings (SSSR count). The average molecular weight is 289 g/mol. The highest BCUT2D eigenvalue weighted by Crippen LogP contribution is 2.27. The number of rotatable bonds is 3. The van der Waals surface area contributed by atoms with Crippen molar-refractivity contribution in [3.05, 3.63) is 23.8 Å². The maximum absolute atomic E-state index is 11.0. The number of carbonyl (C=O) groups is 1. The number of carboxylic acid groups (broad SMARTS) is 1. The summed E-state index contributed by atoms with van der Waals surface area (Å²) in [6.45, 7) is 4.48. The van der Waals surface area contributed by atoms with E-state index in [0.29, 0.717) is 11.7 Å². The van der Waals surface area contributed by atoms with Gasteiger partial charge in [0.1, 0.15) is 0 Å². The second-order valence-electron chi connectivity index (χ2n) is 6.06. The number of carboxylic acids is 1. The lowest BCUT2D eigenvalue weighted by Gasteiger charge is -2.32. The van der Waals surface area contributed by atoms with E-state index in [2.05, 4.69) is 9.80 Å². The average Bonchev–Trinajstić information content (AvgIpc) is 2.97. The minimum atomic E-state index is -0.966. The van der Waals surface area contributed by atoms with Crippen LogP contribution < -0.4 is 10.6 Å². The van der Waals surface area contributed by atoms with E-state index in [1.165, 1.54) is 38.8 Å². The summed E-state index contributed by atoms with van der Waals surface area (Å²) in [6, 6.07) is 5.91. The smallest absolute Gasteiger partial charge is 0.337 e. The Bertz CT molecular complexity index is 526. The van der Waals surface area contributed by atoms with Crippen LogP contribution in [-0.4, -0.2) is 48.2 Å². The second kappa shape index (κ2) is 5.93. The zero-order chi connectivity index (χ0) is 14.8. The van der Waals surface area contributed by atoms with Crippen LogP contribution in [0.1, 0.15) is 36.0 Å². The van der Waals surface area contributed by atoms with E-state index in [4.69, 9.17) is 10.8 Å². The summed E-state index contributed by atoms with van der Waals surface area (Å²) in [6.07, 6.45) is 5.17. The fourth-order valence-corrected chi connectivity index (χ4v) is 3.50. The molecule has 0 radical (unpaired) electrons. The molecule has 0 spiro atoms. The van der Waals surface area contributed by atoms with E-state index < -0.39 is 5.97 Å². The summed E-state index contributed by atoms with van der Waals surface area (Å²) in [5.74, 6) is -0.966. The highest BCUT2D eigenvalue weighted by molar-refractivity contribution is 5.94. The molecule has 1 aromatic carbocycles. The molecule has 5 heteroatoms. The summed E-state index contributed by atoms with van der Waals surface area (Å²) in [5, 5.41) is 9.03. The molecule has 2 fully saturated rings. The van der Waals surface area contributed by atoms with Crippen molar-refractivity contribution < 1.29 is 9.90 Å². The zero-order valence-electron chi connectivity index (χ0n) is 12.3. The van der Waals surface area contributed by atoms with Crippen molar-refractivity contribution in [2.45, 2.75) is 31.7 Å². The Morgan fingerprint density at radius 2 is 1.95 bits per heavy atom. The summed E-state index contributed by atoms with van der Waals surface area (Å²) in [7, 11) is 0. The van der Waals surface area contributed by atoms with Crippen LogP contribution in [0, 0.1) is 0 Å². The molecule has 2 saturated heterocycles. The number of nitrogens with two attached hydrogens (primary N) is 1. The van der Waals surface area contributed by atoms with Gasteiger partial charge in [-0.05, 0) is 50.6 Å². The number of hydrogen-bond donors (Lipinski definition) is 2. The van der Waals surface area contributed by atoms with Crippen LogP contribution in [0.25, 0.3) is 0 Å². The fourth-order valence-electron chi connectivity index (χ4n) is 3.50. The number of aromatic carboxylic acids is 1. The molecule has 0 aliphatic carbocycles. The first kappa shape index (κ1) is 14.2. The third kappa shape index (κ3) is 2.97. The molecule has 0 saturated carbocycles. The number of benzene rings is 1. The Balaban J connectivity index is 1.68. The van der Waals surface area contributed by atoms with Gasteiger partial charge in [0.15, 0.2) is 0 Å². The molecule has 2 aliphatic heterocycles. The number of nitrogen functional groups attached to an aromatic ring is 1. The molecule has 0 bridgehead atoms. The van der Waals surface area contributed by atoms with Gasteiger partial charge in [0, 0.05) is 30.5 Å². The quantitative estimate of drug-likeness (QED) is 0.833. The Labute approximate surface area is 125 Å². The summed E-state index contributed by atoms with van der Waals surface area (Å²) in [4.78, 5) is 15.9. The van der Waals surface area contributed by atoms with Gasteiger partial charge < -0.3 is 15.7 Å². The molecular weight excluding hydrogens is 266 g/mol. The van der Waals surface area contributed by atoms with Gasteiger partial charge in [-0.1, -0.05) is 6.42 Å². The van der Waals surface area contributed by atoms with Crippen molar-refractivity contribution in [1.82, 2.24) is 4.90 Å². The topological polar surface area (TPSA) is 69.8 Å². The summed E-state index contributed by atoms with van der Waals surface area (Å²) in [5.41, 5.74) is 7.42. The Hall–Kier alpha value is -1.75. The molecule has 5 nitrogen and oxygen atoms in total. The zero-order valence-corrected chi connectivity index (χ0v) is 12.3. The van der Waals surface area contributed by atoms with Crippen LogP contribution in [0.3, 0.4) is 0 Å². The Kier molecular flexibility index (Phi) is 4.01. The van der Waals surface area contributed by atoms with Crippen LogP contribution in [0.4, 0.5) is 11.4 Å². The Morgan fingerprint density at radius 1 is 1.19 bits per heavy atom. The van der Waals surface area contributed by atoms with Crippen molar-refractivity contribution in [3.8, 4) is 0 Å². The molecule has 1 aromatic rings. The predicted octanol–water partition coefficient (Wildman–Crippen LogP) is 2.03. The number of anilines is 2. The lowest BCUT2D eigenvalue weighted by molar-refractivity contribution is 0.0698. The van der Waals surface area contributed by atoms with Crippen LogP contribution in [-0.2, 0) is 0 Å². The van der Waals surface area contributed by atoms with E-state index in [0.717, 1.165) is 18.8 Å². The standard InChI is InChI=1S/C16H23N3O2/c17-15-10-12(4-5-14(15)16(20)21)19-9-6-13(11-19)18-7-2-1-3-8-18/h4-5,10,13H,1-3,6-9,11,17H2,(H,20,21). The molecule has 1 unspecified atom stereocenters. The van der Waals surface area contributed by atoms with E-state index >= 15 is 0 Å². The van der Waals surface area contributed by atoms with E-state index in [-0.39, 0.29) is 5.56 Å². The molecule has 0 aromatic heterocycles. The lowest BCUT2D eigenvalue weighted by atomic mass is 10.1. The summed E-state index contributed by atoms with van der Waals surface area (Å²) >= 11 is 0. The number of nitrogens with zero attached hydrogens (tertiary/aromatic N) is 2. The van der Waals surface area contributed by atoms with E-state index in [9.17, 15) is 4.79 Å². The van der Waals surface area contributed by atoms with Crippen LogP contribution in [0.15, 0.2) is 18.2 Å². The van der Waals surface area contributed by atoms with Crippen LogP contribution in [0.2, 0.25) is 0 Å². The molecule has 3 N–H and O–H groups in total. The number of piperidine rings is 1. The molecule has 21 heavy (non-hydrogen) atoms. The second-order valence-corrected chi connectivity index (χ2v) is 6.06. The normalized spacial score (nSPS) is 23.4. The number of likely N-dealkylation sites (tertiary alicyclic amines) is 1. The van der Waals surface area contributed by atoms with Gasteiger partial charge >= 0.3 is 5.97 Å². The van der Waals surface area contributed by atoms with Gasteiger partial charge in [0.05, 0.1) is 5.56 Å². The van der Waals surface area contributed by atoms with Crippen molar-refractivity contribution in [3.63, 3.8) is 0 Å². The highest BCUT2D eigenvalue weighted by atomic mass is 16.4. The molecule has 1 atom stereocenters. The first-order valence-electron chi connectivity index (χ1n) is 7.77. The van der Waals surface area contributed by atoms with Gasteiger partial charge in [0.2, 0.25) is 0 Å². The van der Waals surface area contributed by atoms with Crippen molar-refractivity contribution in [1.29, 1.82) is 0 Å². The maximum atomic E-state index is 11.0. The van der Waals surface area contributed by atoms with Crippen LogP contribution >= 0.6 is 0 Å². The van der Waals surface area contributed by atoms with Crippen molar-refractivity contribution >= 4 is 17.3 Å². The summed E-state index contributed by atoms with van der Waals surface area (Å²) < 4.78 is 0. The van der Waals surface area contributed by atoms with E-state index in [1.54, 1.807) is 12.1 Å². The first-order valence-corrected chi connectivity index (χ1v) is 7.77. The van der Waals surface area contributed by atoms with Gasteiger partial charge in [-0.3, -0.25) is 4.90 Å². The first-order chi connectivity index (χ1) is 10.1. The van der Waals surface area contributed by atoms with Gasteiger partial charge in [0.25, 0.3) is 0 Å². The lowest BCUT2D eigenvalue weighted by Crippen LogP contribution is -2.40. The molecule has 2 heterocycles. The highest BCUT2D eigenvalue weighted by Gasteiger charge is 2.28. The van der Waals surface area contributed by atoms with Crippen molar-refractivity contribution in [2.75, 3.05) is 36.8 Å². The SMILES string of the molecule is Nc1cc(N2CCC(N3CCCCC3)C2)ccc1C(=O)O. The number of hydrogen-bond acceptors (Lipinski definition) is 4. The third-order valence-electron chi connectivity index (χ3n) is 4.70. The minimum Gasteiger partial charge on any atom is -0.478 e. The monoisotopic (exact) mass is 289 g/mol. The molecule has 0 amide bonds. The molecule has 2 aliphatic rings. The Morgan fingerprint density at radius 3 is 2.62 bits per heavy atom. The maximum Gasteiger partial charge on any atom is 0.337 e. The van der Waals surface area contributed by atoms with Gasteiger partial charge in [-0.15, -0.1) is 0 Å². The predicted molar refractivity (Wildman–Crippen MR) is 83.9 cm³/mol. The molecular formula is C16H23N3O2. The minimum absolute atomic E-state index is 0.186. The molecule has 114 valence electrons. The van der Waals surface area contributed by atoms with Crippen LogP contribution in [0.5, 0.6) is 0 Å². The van der Waals surface area contributed by atoms with E-state index in [1.807, 2.05) is 6.07 Å². The largest absolute Gasteiger partial charge is 0.478 e.